The number of fused-ring (bicyclic) bond motifs is 1. The third-order valence-corrected chi connectivity index (χ3v) is 6.40. The number of aldehydes is 1. The Balaban J connectivity index is 0.000000694. The smallest absolute Gasteiger partial charge is 0.252 e. The fraction of sp³-hybridized carbons (Fsp3) is 0.333. The molecule has 0 unspecified atom stereocenters. The largest absolute Gasteiger partial charge is 0.355 e. The number of aryl methyl sites for hydroxylation is 2. The maximum absolute atomic E-state index is 13.0. The molecule has 6 heteroatoms. The molecule has 3 heterocycles. The Labute approximate surface area is 215 Å². The molecule has 190 valence electrons. The summed E-state index contributed by atoms with van der Waals surface area (Å²) in [6.07, 6.45) is 18.9. The van der Waals surface area contributed by atoms with Crippen molar-refractivity contribution in [3.05, 3.63) is 71.7 Å². The maximum atomic E-state index is 13.0. The van der Waals surface area contributed by atoms with Crippen LogP contribution < -0.4 is 10.6 Å². The van der Waals surface area contributed by atoms with E-state index in [1.54, 1.807) is 7.05 Å². The summed E-state index contributed by atoms with van der Waals surface area (Å²) in [5, 5.41) is 7.07. The number of hydrogen-bond acceptors (Lipinski definition) is 3. The molecule has 1 fully saturated rings. The highest BCUT2D eigenvalue weighted by Gasteiger charge is 2.24. The Morgan fingerprint density at radius 1 is 1.11 bits per heavy atom. The minimum absolute atomic E-state index is 0.263. The van der Waals surface area contributed by atoms with E-state index in [1.807, 2.05) is 80.3 Å². The number of aromatic nitrogens is 2. The van der Waals surface area contributed by atoms with Gasteiger partial charge in [0.15, 0.2) is 6.29 Å². The molecule has 0 spiro atoms. The van der Waals surface area contributed by atoms with Crippen LogP contribution >= 0.6 is 0 Å². The number of benzene rings is 1. The van der Waals surface area contributed by atoms with Gasteiger partial charge in [0.2, 0.25) is 0 Å². The van der Waals surface area contributed by atoms with Crippen molar-refractivity contribution in [2.45, 2.75) is 39.7 Å². The first kappa shape index (κ1) is 28.4. The first-order chi connectivity index (χ1) is 17.5. The highest BCUT2D eigenvalue weighted by atomic mass is 16.1. The van der Waals surface area contributed by atoms with Gasteiger partial charge < -0.3 is 19.8 Å². The van der Waals surface area contributed by atoms with E-state index < -0.39 is 0 Å². The van der Waals surface area contributed by atoms with Crippen molar-refractivity contribution in [2.24, 2.45) is 7.05 Å². The summed E-state index contributed by atoms with van der Waals surface area (Å²) in [5.74, 6) is -0.263. The summed E-state index contributed by atoms with van der Waals surface area (Å²) < 4.78 is 4.24. The van der Waals surface area contributed by atoms with Gasteiger partial charge in [-0.05, 0) is 58.8 Å². The molecule has 1 saturated heterocycles. The molecule has 1 aliphatic heterocycles. The number of carbonyl (C=O) groups excluding carboxylic acids is 2. The molecule has 0 saturated carbocycles. The topological polar surface area (TPSA) is 68.1 Å². The van der Waals surface area contributed by atoms with Crippen molar-refractivity contribution in [2.75, 3.05) is 20.1 Å². The van der Waals surface area contributed by atoms with Crippen LogP contribution in [0.15, 0.2) is 54.9 Å². The van der Waals surface area contributed by atoms with E-state index in [4.69, 9.17) is 0 Å². The molecule has 0 bridgehead atoms. The van der Waals surface area contributed by atoms with E-state index >= 15 is 0 Å². The number of para-hydroxylation sites is 1. The van der Waals surface area contributed by atoms with E-state index in [9.17, 15) is 9.59 Å². The number of likely N-dealkylation sites (N-methyl/N-ethyl adjacent to an activating group) is 1. The third-order valence-electron chi connectivity index (χ3n) is 6.40. The highest BCUT2D eigenvalue weighted by Crippen LogP contribution is 2.33. The fourth-order valence-corrected chi connectivity index (χ4v) is 4.54. The lowest BCUT2D eigenvalue weighted by molar-refractivity contribution is -0.115. The van der Waals surface area contributed by atoms with Crippen LogP contribution in [0.2, 0.25) is 0 Å². The zero-order valence-corrected chi connectivity index (χ0v) is 22.0. The first-order valence-electron chi connectivity index (χ1n) is 12.2. The molecule has 1 aliphatic rings. The number of rotatable bonds is 5. The number of nitrogens with zero attached hydrogens (tertiary/aromatic N) is 2. The molecular weight excluding hydrogens is 448 g/mol. The van der Waals surface area contributed by atoms with Crippen LogP contribution in [0.1, 0.15) is 49.6 Å². The molecular formula is C30H38N4O2. The lowest BCUT2D eigenvalue weighted by atomic mass is 9.95. The van der Waals surface area contributed by atoms with E-state index in [0.29, 0.717) is 17.2 Å². The number of piperidine rings is 1. The fourth-order valence-electron chi connectivity index (χ4n) is 4.54. The number of allylic oxidation sites excluding steroid dienone is 3. The van der Waals surface area contributed by atoms with Gasteiger partial charge in [-0.2, -0.15) is 0 Å². The summed E-state index contributed by atoms with van der Waals surface area (Å²) in [6.45, 7) is 8.05. The van der Waals surface area contributed by atoms with Crippen molar-refractivity contribution in [1.82, 2.24) is 19.8 Å². The van der Waals surface area contributed by atoms with Crippen molar-refractivity contribution >= 4 is 34.2 Å². The number of terminal acetylenes is 1. The molecule has 3 aromatic rings. The second-order valence-electron chi connectivity index (χ2n) is 8.58. The predicted octanol–water partition coefficient (Wildman–Crippen LogP) is 4.90. The molecule has 0 radical (unpaired) electrons. The average Bonchev–Trinajstić information content (AvgIpc) is 3.48. The SMILES string of the molecule is C#C.C/C=C\C.CNC(=O)/C(=C(\C=O)c1cc(C)n(C2CCNCC2)c1)c1cn(C)c2ccccc12. The number of amides is 1. The molecule has 1 aromatic carbocycles. The standard InChI is InChI=1S/C24H28N4O2.C4H8.C2H2/c1-16-12-17(13-28(16)18-8-10-26-11-9-18)21(15-29)23(24(30)25-2)20-14-27(3)22-7-5-4-6-19(20)22;1-3-4-2;1-2/h4-7,12-15,18,26H,8-11H2,1-3H3,(H,25,30);3-4H,1-2H3;1-2H/b23-21+;4-3-;. The second-order valence-corrected chi connectivity index (χ2v) is 8.58. The van der Waals surface area contributed by atoms with Gasteiger partial charge in [0.05, 0.1) is 5.57 Å². The van der Waals surface area contributed by atoms with Gasteiger partial charge in [-0.3, -0.25) is 9.59 Å². The van der Waals surface area contributed by atoms with Crippen LogP contribution in [0, 0.1) is 19.8 Å². The Kier molecular flexibility index (Phi) is 11.0. The molecule has 0 aliphatic carbocycles. The average molecular weight is 487 g/mol. The lowest BCUT2D eigenvalue weighted by Crippen LogP contribution is -2.29. The number of carbonyl (C=O) groups is 2. The summed E-state index contributed by atoms with van der Waals surface area (Å²) in [5.41, 5.74) is 4.50. The molecule has 2 aromatic heterocycles. The predicted molar refractivity (Wildman–Crippen MR) is 151 cm³/mol. The summed E-state index contributed by atoms with van der Waals surface area (Å²) >= 11 is 0. The minimum Gasteiger partial charge on any atom is -0.355 e. The van der Waals surface area contributed by atoms with Gasteiger partial charge in [-0.1, -0.05) is 30.4 Å². The van der Waals surface area contributed by atoms with Crippen molar-refractivity contribution in [1.29, 1.82) is 0 Å². The van der Waals surface area contributed by atoms with Crippen molar-refractivity contribution in [3.63, 3.8) is 0 Å². The van der Waals surface area contributed by atoms with Gasteiger partial charge in [0.1, 0.15) is 0 Å². The quantitative estimate of drug-likeness (QED) is 0.233. The van der Waals surface area contributed by atoms with Crippen LogP contribution in [-0.4, -0.2) is 41.5 Å². The lowest BCUT2D eigenvalue weighted by Gasteiger charge is -2.25. The van der Waals surface area contributed by atoms with E-state index in [-0.39, 0.29) is 5.91 Å². The van der Waals surface area contributed by atoms with Crippen LogP contribution in [0.3, 0.4) is 0 Å². The van der Waals surface area contributed by atoms with Crippen LogP contribution in [0.4, 0.5) is 0 Å². The van der Waals surface area contributed by atoms with E-state index in [2.05, 4.69) is 35.0 Å². The molecule has 0 atom stereocenters. The van der Waals surface area contributed by atoms with Crippen molar-refractivity contribution in [3.8, 4) is 12.8 Å². The Hall–Kier alpha value is -3.82. The monoisotopic (exact) mass is 486 g/mol. The second kappa shape index (κ2) is 13.9. The molecule has 1 amide bonds. The highest BCUT2D eigenvalue weighted by molar-refractivity contribution is 6.37. The molecule has 4 rings (SSSR count). The molecule has 36 heavy (non-hydrogen) atoms. The summed E-state index contributed by atoms with van der Waals surface area (Å²) in [7, 11) is 3.55. The Bertz CT molecular complexity index is 1250. The van der Waals surface area contributed by atoms with Gasteiger partial charge in [0, 0.05) is 65.8 Å². The van der Waals surface area contributed by atoms with Crippen LogP contribution in [-0.2, 0) is 16.6 Å². The van der Waals surface area contributed by atoms with Crippen molar-refractivity contribution < 1.29 is 9.59 Å². The van der Waals surface area contributed by atoms with E-state index in [0.717, 1.165) is 59.9 Å². The maximum Gasteiger partial charge on any atom is 0.252 e. The van der Waals surface area contributed by atoms with E-state index in [1.165, 1.54) is 0 Å². The van der Waals surface area contributed by atoms with Gasteiger partial charge in [-0.25, -0.2) is 0 Å². The van der Waals surface area contributed by atoms with Crippen LogP contribution in [0.25, 0.3) is 22.0 Å². The zero-order valence-electron chi connectivity index (χ0n) is 22.0. The Morgan fingerprint density at radius 3 is 2.33 bits per heavy atom. The van der Waals surface area contributed by atoms with Crippen LogP contribution in [0.5, 0.6) is 0 Å². The van der Waals surface area contributed by atoms with Gasteiger partial charge >= 0.3 is 0 Å². The Morgan fingerprint density at radius 2 is 1.75 bits per heavy atom. The molecule has 6 nitrogen and oxygen atoms in total. The zero-order chi connectivity index (χ0) is 26.7. The molecule has 2 N–H and O–H groups in total. The normalized spacial score (nSPS) is 14.3. The van der Waals surface area contributed by atoms with Gasteiger partial charge in [0.25, 0.3) is 5.91 Å². The van der Waals surface area contributed by atoms with Gasteiger partial charge in [-0.15, -0.1) is 12.8 Å². The summed E-state index contributed by atoms with van der Waals surface area (Å²) in [4.78, 5) is 25.3. The first-order valence-corrected chi connectivity index (χ1v) is 12.2. The summed E-state index contributed by atoms with van der Waals surface area (Å²) in [6, 6.07) is 10.3. The number of hydrogen-bond donors (Lipinski definition) is 2. The third kappa shape index (κ3) is 6.24. The number of nitrogens with one attached hydrogen (secondary N) is 2. The minimum atomic E-state index is -0.263.